The van der Waals surface area contributed by atoms with Gasteiger partial charge in [0.15, 0.2) is 12.6 Å². The molecule has 44 heavy (non-hydrogen) atoms. The molecular formula is C29H43NO14. The van der Waals surface area contributed by atoms with Crippen molar-refractivity contribution in [2.24, 2.45) is 0 Å². The number of para-hydroxylation sites is 1. The number of aromatic amines is 1. The first-order valence-electron chi connectivity index (χ1n) is 14.7. The minimum atomic E-state index is -1.74. The molecule has 10 N–H and O–H groups in total. The number of hydrogen-bond donors (Lipinski definition) is 10. The molecule has 0 amide bonds. The number of aromatic nitrogens is 1. The summed E-state index contributed by atoms with van der Waals surface area (Å²) in [6, 6.07) is 6.32. The number of aliphatic carboxylic acids is 1. The minimum absolute atomic E-state index is 0.00474. The molecule has 3 aliphatic heterocycles. The van der Waals surface area contributed by atoms with Gasteiger partial charge in [0.1, 0.15) is 54.4 Å². The fourth-order valence-corrected chi connectivity index (χ4v) is 6.06. The van der Waals surface area contributed by atoms with Crippen LogP contribution < -0.4 is 0 Å². The third-order valence-corrected chi connectivity index (χ3v) is 8.58. The molecule has 3 aliphatic rings. The number of carboxylic acid groups (broad SMARTS) is 1. The number of fused-ring (bicyclic) bond motifs is 3. The summed E-state index contributed by atoms with van der Waals surface area (Å²) in [7, 11) is 0. The average Bonchev–Trinajstić information content (AvgIpc) is 3.41. The van der Waals surface area contributed by atoms with Crippen molar-refractivity contribution in [1.29, 1.82) is 0 Å². The number of carboxylic acids is 1. The van der Waals surface area contributed by atoms with Gasteiger partial charge in [-0.3, -0.25) is 4.79 Å². The van der Waals surface area contributed by atoms with Crippen molar-refractivity contribution in [1.82, 2.24) is 4.98 Å². The van der Waals surface area contributed by atoms with Gasteiger partial charge in [-0.05, 0) is 30.4 Å². The SMILES string of the molecule is CCc1cccc2c3c([nH]c12)C(CC)(CC(=O)O)OCC3.OC[C@H]1O[C@@H](O[C@H]2[C@H](O)[C@@H](O)[C@H](O)O[C@@H]2CO)[C@H](O)[C@@H](O)[C@H]1O. The van der Waals surface area contributed by atoms with Gasteiger partial charge in [0.2, 0.25) is 0 Å². The maximum Gasteiger partial charge on any atom is 0.306 e. The lowest BCUT2D eigenvalue weighted by Crippen LogP contribution is -2.64. The topological polar surface area (TPSA) is 252 Å². The van der Waals surface area contributed by atoms with Crippen molar-refractivity contribution < 1.29 is 69.7 Å². The molecule has 15 heteroatoms. The van der Waals surface area contributed by atoms with E-state index in [1.54, 1.807) is 0 Å². The number of rotatable bonds is 8. The van der Waals surface area contributed by atoms with Gasteiger partial charge in [0.25, 0.3) is 0 Å². The molecule has 1 unspecified atom stereocenters. The smallest absolute Gasteiger partial charge is 0.306 e. The molecule has 248 valence electrons. The molecule has 15 nitrogen and oxygen atoms in total. The van der Waals surface area contributed by atoms with Crippen LogP contribution in [-0.2, 0) is 42.2 Å². The largest absolute Gasteiger partial charge is 0.481 e. The fraction of sp³-hybridized carbons (Fsp3) is 0.690. The van der Waals surface area contributed by atoms with Crippen LogP contribution in [0.1, 0.15) is 43.5 Å². The zero-order valence-corrected chi connectivity index (χ0v) is 24.5. The van der Waals surface area contributed by atoms with Crippen molar-refractivity contribution in [3.63, 3.8) is 0 Å². The number of nitrogens with one attached hydrogen (secondary N) is 1. The summed E-state index contributed by atoms with van der Waals surface area (Å²) in [6.07, 6.45) is -13.1. The maximum atomic E-state index is 11.3. The number of H-pyrrole nitrogens is 1. The van der Waals surface area contributed by atoms with E-state index in [4.69, 9.17) is 24.1 Å². The Kier molecular flexibility index (Phi) is 11.4. The third kappa shape index (κ3) is 6.65. The zero-order chi connectivity index (χ0) is 32.3. The molecule has 2 aromatic rings. The summed E-state index contributed by atoms with van der Waals surface area (Å²) >= 11 is 0. The van der Waals surface area contributed by atoms with E-state index in [1.165, 1.54) is 16.5 Å². The lowest BCUT2D eigenvalue weighted by Gasteiger charge is -2.45. The second kappa shape index (κ2) is 14.5. The fourth-order valence-electron chi connectivity index (χ4n) is 6.06. The molecule has 1 aromatic heterocycles. The number of aliphatic hydroxyl groups is 8. The summed E-state index contributed by atoms with van der Waals surface area (Å²) in [5.41, 5.74) is 3.88. The van der Waals surface area contributed by atoms with Gasteiger partial charge in [-0.15, -0.1) is 0 Å². The van der Waals surface area contributed by atoms with E-state index in [9.17, 15) is 45.6 Å². The minimum Gasteiger partial charge on any atom is -0.481 e. The Balaban J connectivity index is 0.000000201. The van der Waals surface area contributed by atoms with Gasteiger partial charge >= 0.3 is 5.97 Å². The summed E-state index contributed by atoms with van der Waals surface area (Å²) in [5.74, 6) is -0.820. The van der Waals surface area contributed by atoms with Crippen LogP contribution in [0.5, 0.6) is 0 Å². The summed E-state index contributed by atoms with van der Waals surface area (Å²) in [6.45, 7) is 3.36. The molecule has 11 atom stereocenters. The quantitative estimate of drug-likeness (QED) is 0.151. The molecule has 2 fully saturated rings. The van der Waals surface area contributed by atoms with Crippen molar-refractivity contribution in [3.05, 3.63) is 35.0 Å². The van der Waals surface area contributed by atoms with Gasteiger partial charge in [-0.2, -0.15) is 0 Å². The number of benzene rings is 1. The molecular weight excluding hydrogens is 586 g/mol. The molecule has 5 rings (SSSR count). The van der Waals surface area contributed by atoms with Crippen LogP contribution in [0.3, 0.4) is 0 Å². The molecule has 0 saturated carbocycles. The van der Waals surface area contributed by atoms with Gasteiger partial charge < -0.3 is 69.9 Å². The highest BCUT2D eigenvalue weighted by atomic mass is 16.7. The van der Waals surface area contributed by atoms with Crippen LogP contribution in [-0.4, -0.2) is 138 Å². The molecule has 0 spiro atoms. The number of aliphatic hydroxyl groups excluding tert-OH is 8. The van der Waals surface area contributed by atoms with Crippen LogP contribution in [0.4, 0.5) is 0 Å². The Hall–Kier alpha value is -2.25. The van der Waals surface area contributed by atoms with Crippen LogP contribution >= 0.6 is 0 Å². The lowest BCUT2D eigenvalue weighted by atomic mass is 9.86. The highest BCUT2D eigenvalue weighted by Gasteiger charge is 2.50. The first kappa shape index (κ1) is 34.6. The van der Waals surface area contributed by atoms with Crippen molar-refractivity contribution in [2.75, 3.05) is 19.8 Å². The van der Waals surface area contributed by atoms with Gasteiger partial charge in [-0.25, -0.2) is 0 Å². The Morgan fingerprint density at radius 2 is 1.66 bits per heavy atom. The first-order chi connectivity index (χ1) is 20.9. The molecule has 4 heterocycles. The number of hydrogen-bond acceptors (Lipinski definition) is 13. The van der Waals surface area contributed by atoms with Crippen LogP contribution in [0.25, 0.3) is 10.9 Å². The van der Waals surface area contributed by atoms with Crippen LogP contribution in [0.15, 0.2) is 18.2 Å². The standard InChI is InChI=1S/C17H21NO3.C12H22O11/c1-3-11-6-5-7-12-13-8-9-21-17(4-2,10-14(19)20)16(13)18-15(11)12;13-1-3-5(15)6(16)9(19)12(22-3)23-10-4(2-14)21-11(20)8(18)7(10)17/h5-7,18H,3-4,8-10H2,1-2H3,(H,19,20);3-20H,1-2H2/t;3-,4-,5+,6+,7-,8-,9-,10-,11-,12+/m.1/s1. The number of ether oxygens (including phenoxy) is 4. The Morgan fingerprint density at radius 3 is 2.27 bits per heavy atom. The lowest BCUT2D eigenvalue weighted by molar-refractivity contribution is -0.355. The molecule has 0 bridgehead atoms. The highest BCUT2D eigenvalue weighted by Crippen LogP contribution is 2.42. The van der Waals surface area contributed by atoms with Crippen molar-refractivity contribution >= 4 is 16.9 Å². The predicted octanol–water partition coefficient (Wildman–Crippen LogP) is -2.01. The van der Waals surface area contributed by atoms with E-state index in [0.29, 0.717) is 13.0 Å². The Labute approximate surface area is 253 Å². The van der Waals surface area contributed by atoms with Gasteiger partial charge in [0.05, 0.1) is 31.9 Å². The van der Waals surface area contributed by atoms with Crippen LogP contribution in [0.2, 0.25) is 0 Å². The maximum absolute atomic E-state index is 11.3. The summed E-state index contributed by atoms with van der Waals surface area (Å²) in [4.78, 5) is 14.8. The average molecular weight is 630 g/mol. The van der Waals surface area contributed by atoms with Gasteiger partial charge in [0, 0.05) is 10.9 Å². The monoisotopic (exact) mass is 629 g/mol. The first-order valence-corrected chi connectivity index (χ1v) is 14.7. The normalized spacial score (nSPS) is 37.2. The zero-order valence-electron chi connectivity index (χ0n) is 24.5. The molecule has 1 aromatic carbocycles. The summed E-state index contributed by atoms with van der Waals surface area (Å²) < 4.78 is 21.2. The Bertz CT molecular complexity index is 1250. The highest BCUT2D eigenvalue weighted by molar-refractivity contribution is 5.88. The van der Waals surface area contributed by atoms with E-state index in [0.717, 1.165) is 24.1 Å². The van der Waals surface area contributed by atoms with Crippen molar-refractivity contribution in [2.45, 2.75) is 107 Å². The van der Waals surface area contributed by atoms with E-state index in [1.807, 2.05) is 6.92 Å². The number of carbonyl (C=O) groups is 1. The van der Waals surface area contributed by atoms with E-state index in [-0.39, 0.29) is 6.42 Å². The molecule has 0 aliphatic carbocycles. The molecule has 2 saturated heterocycles. The van der Waals surface area contributed by atoms with Gasteiger partial charge in [-0.1, -0.05) is 32.0 Å². The van der Waals surface area contributed by atoms with E-state index in [2.05, 4.69) is 30.1 Å². The Morgan fingerprint density at radius 1 is 0.955 bits per heavy atom. The van der Waals surface area contributed by atoms with Crippen LogP contribution in [0, 0.1) is 0 Å². The predicted molar refractivity (Wildman–Crippen MR) is 150 cm³/mol. The van der Waals surface area contributed by atoms with Crippen molar-refractivity contribution in [3.8, 4) is 0 Å². The second-order valence-corrected chi connectivity index (χ2v) is 11.2. The third-order valence-electron chi connectivity index (χ3n) is 8.58. The summed E-state index contributed by atoms with van der Waals surface area (Å²) in [5, 5.41) is 87.0. The number of aryl methyl sites for hydroxylation is 1. The second-order valence-electron chi connectivity index (χ2n) is 11.2. The van der Waals surface area contributed by atoms with E-state index < -0.39 is 86.2 Å². The van der Waals surface area contributed by atoms with E-state index >= 15 is 0 Å². The molecule has 0 radical (unpaired) electrons.